The second kappa shape index (κ2) is 9.57. The van der Waals surface area contributed by atoms with Gasteiger partial charge in [0.25, 0.3) is 5.91 Å². The summed E-state index contributed by atoms with van der Waals surface area (Å²) in [5, 5.41) is 9.85. The number of carbonyl (C=O) groups excluding carboxylic acids is 2. The van der Waals surface area contributed by atoms with Crippen molar-refractivity contribution in [2.45, 2.75) is 57.1 Å². The number of amides is 2. The van der Waals surface area contributed by atoms with Crippen molar-refractivity contribution in [3.8, 4) is 11.1 Å². The third-order valence-electron chi connectivity index (χ3n) is 8.02. The minimum Gasteiger partial charge on any atom is -0.393 e. The summed E-state index contributed by atoms with van der Waals surface area (Å²) in [5.74, 6) is 0.926. The Kier molecular flexibility index (Phi) is 6.49. The maximum atomic E-state index is 13.6. The SMILES string of the molecule is CN(C)C(=O)c1ccc(-c2cnc(N3CCC[C@@]4(CCN(C5CCC(O)CC5)C4=O)C3)nc2)cc1. The average molecular weight is 478 g/mol. The second-order valence-electron chi connectivity index (χ2n) is 10.6. The van der Waals surface area contributed by atoms with Crippen molar-refractivity contribution in [1.29, 1.82) is 0 Å². The lowest BCUT2D eigenvalue weighted by atomic mass is 9.78. The van der Waals surface area contributed by atoms with Gasteiger partial charge in [-0.25, -0.2) is 9.97 Å². The molecule has 0 radical (unpaired) electrons. The van der Waals surface area contributed by atoms with Gasteiger partial charge in [0, 0.05) is 63.3 Å². The molecule has 1 atom stereocenters. The first-order chi connectivity index (χ1) is 16.9. The monoisotopic (exact) mass is 477 g/mol. The van der Waals surface area contributed by atoms with Crippen molar-refractivity contribution < 1.29 is 14.7 Å². The second-order valence-corrected chi connectivity index (χ2v) is 10.6. The highest BCUT2D eigenvalue weighted by atomic mass is 16.3. The summed E-state index contributed by atoms with van der Waals surface area (Å²) in [6.07, 6.45) is 9.60. The van der Waals surface area contributed by atoms with E-state index >= 15 is 0 Å². The molecule has 8 nitrogen and oxygen atoms in total. The number of aliphatic hydroxyl groups is 1. The van der Waals surface area contributed by atoms with Crippen molar-refractivity contribution in [3.05, 3.63) is 42.2 Å². The molecule has 8 heteroatoms. The molecule has 3 heterocycles. The molecule has 3 fully saturated rings. The third kappa shape index (κ3) is 4.63. The minimum absolute atomic E-state index is 0.0247. The zero-order chi connectivity index (χ0) is 24.6. The summed E-state index contributed by atoms with van der Waals surface area (Å²) < 4.78 is 0. The summed E-state index contributed by atoms with van der Waals surface area (Å²) in [6.45, 7) is 2.34. The predicted octanol–water partition coefficient (Wildman–Crippen LogP) is 2.97. The van der Waals surface area contributed by atoms with E-state index in [1.807, 2.05) is 36.7 Å². The number of anilines is 1. The van der Waals surface area contributed by atoms with Crippen molar-refractivity contribution in [2.24, 2.45) is 5.41 Å². The highest BCUT2D eigenvalue weighted by molar-refractivity contribution is 5.94. The summed E-state index contributed by atoms with van der Waals surface area (Å²) >= 11 is 0. The summed E-state index contributed by atoms with van der Waals surface area (Å²) in [6, 6.07) is 7.76. The summed E-state index contributed by atoms with van der Waals surface area (Å²) in [7, 11) is 3.48. The molecule has 2 saturated heterocycles. The maximum Gasteiger partial charge on any atom is 0.253 e. The van der Waals surface area contributed by atoms with Crippen LogP contribution in [-0.2, 0) is 4.79 Å². The standard InChI is InChI=1S/C27H35N5O3/c1-30(2)24(34)20-6-4-19(5-7-20)21-16-28-26(29-17-21)31-14-3-12-27(18-31)13-15-32(25(27)35)22-8-10-23(33)11-9-22/h4-7,16-17,22-23,33H,3,8-15,18H2,1-2H3/t22?,23?,27-/m1/s1. The maximum absolute atomic E-state index is 13.6. The van der Waals surface area contributed by atoms with Gasteiger partial charge in [-0.05, 0) is 62.6 Å². The van der Waals surface area contributed by atoms with Gasteiger partial charge < -0.3 is 19.8 Å². The number of likely N-dealkylation sites (tertiary alicyclic amines) is 1. The van der Waals surface area contributed by atoms with Crippen LogP contribution in [0.1, 0.15) is 55.3 Å². The van der Waals surface area contributed by atoms with E-state index in [1.54, 1.807) is 19.0 Å². The van der Waals surface area contributed by atoms with Crippen molar-refractivity contribution in [3.63, 3.8) is 0 Å². The topological polar surface area (TPSA) is 89.9 Å². The van der Waals surface area contributed by atoms with E-state index in [0.717, 1.165) is 69.2 Å². The van der Waals surface area contributed by atoms with Gasteiger partial charge >= 0.3 is 0 Å². The quantitative estimate of drug-likeness (QED) is 0.728. The van der Waals surface area contributed by atoms with Crippen LogP contribution in [0, 0.1) is 5.41 Å². The number of rotatable bonds is 4. The van der Waals surface area contributed by atoms with Crippen LogP contribution in [0.4, 0.5) is 5.95 Å². The van der Waals surface area contributed by atoms with Crippen LogP contribution in [0.15, 0.2) is 36.7 Å². The molecular formula is C27H35N5O3. The number of hydrogen-bond donors (Lipinski definition) is 1. The lowest BCUT2D eigenvalue weighted by molar-refractivity contribution is -0.139. The fourth-order valence-electron chi connectivity index (χ4n) is 5.94. The minimum atomic E-state index is -0.342. The van der Waals surface area contributed by atoms with Crippen LogP contribution in [0.5, 0.6) is 0 Å². The van der Waals surface area contributed by atoms with Gasteiger partial charge in [-0.1, -0.05) is 12.1 Å². The van der Waals surface area contributed by atoms with Crippen molar-refractivity contribution in [2.75, 3.05) is 38.6 Å². The first kappa shape index (κ1) is 23.7. The van der Waals surface area contributed by atoms with Gasteiger partial charge in [-0.15, -0.1) is 0 Å². The van der Waals surface area contributed by atoms with Crippen LogP contribution in [0.25, 0.3) is 11.1 Å². The first-order valence-electron chi connectivity index (χ1n) is 12.7. The number of aliphatic hydroxyl groups excluding tert-OH is 1. The fraction of sp³-hybridized carbons (Fsp3) is 0.556. The van der Waals surface area contributed by atoms with Crippen LogP contribution >= 0.6 is 0 Å². The number of carbonyl (C=O) groups is 2. The molecule has 2 aliphatic heterocycles. The molecular weight excluding hydrogens is 442 g/mol. The highest BCUT2D eigenvalue weighted by Crippen LogP contribution is 2.43. The molecule has 3 aliphatic rings. The normalized spacial score (nSPS) is 26.9. The molecule has 35 heavy (non-hydrogen) atoms. The summed E-state index contributed by atoms with van der Waals surface area (Å²) in [4.78, 5) is 40.8. The Labute approximate surface area is 207 Å². The van der Waals surface area contributed by atoms with Gasteiger partial charge in [0.2, 0.25) is 11.9 Å². The summed E-state index contributed by atoms with van der Waals surface area (Å²) in [5.41, 5.74) is 2.16. The molecule has 0 unspecified atom stereocenters. The average Bonchev–Trinajstić information content (AvgIpc) is 3.19. The van der Waals surface area contributed by atoms with Gasteiger partial charge in [0.1, 0.15) is 0 Å². The molecule has 1 saturated carbocycles. The van der Waals surface area contributed by atoms with Gasteiger partial charge in [-0.2, -0.15) is 0 Å². The Balaban J connectivity index is 1.26. The Morgan fingerprint density at radius 1 is 1.00 bits per heavy atom. The molecule has 1 aliphatic carbocycles. The number of hydrogen-bond acceptors (Lipinski definition) is 6. The smallest absolute Gasteiger partial charge is 0.253 e. The fourth-order valence-corrected chi connectivity index (χ4v) is 5.94. The van der Waals surface area contributed by atoms with E-state index in [0.29, 0.717) is 18.1 Å². The Bertz CT molecular complexity index is 1060. The number of benzene rings is 1. The Morgan fingerprint density at radius 3 is 2.34 bits per heavy atom. The highest BCUT2D eigenvalue weighted by Gasteiger charge is 2.51. The Morgan fingerprint density at radius 2 is 1.69 bits per heavy atom. The molecule has 5 rings (SSSR count). The van der Waals surface area contributed by atoms with Crippen LogP contribution < -0.4 is 4.90 Å². The molecule has 1 spiro atoms. The lowest BCUT2D eigenvalue weighted by Gasteiger charge is -2.40. The van der Waals surface area contributed by atoms with E-state index in [4.69, 9.17) is 0 Å². The van der Waals surface area contributed by atoms with E-state index in [9.17, 15) is 14.7 Å². The van der Waals surface area contributed by atoms with Crippen LogP contribution in [0.2, 0.25) is 0 Å². The molecule has 1 aromatic carbocycles. The van der Waals surface area contributed by atoms with E-state index in [1.165, 1.54) is 0 Å². The van der Waals surface area contributed by atoms with Crippen molar-refractivity contribution in [1.82, 2.24) is 19.8 Å². The zero-order valence-electron chi connectivity index (χ0n) is 20.7. The van der Waals surface area contributed by atoms with Gasteiger partial charge in [-0.3, -0.25) is 9.59 Å². The number of nitrogens with zero attached hydrogens (tertiary/aromatic N) is 5. The predicted molar refractivity (Wildman–Crippen MR) is 134 cm³/mol. The van der Waals surface area contributed by atoms with Gasteiger partial charge in [0.05, 0.1) is 11.5 Å². The largest absolute Gasteiger partial charge is 0.393 e. The molecule has 186 valence electrons. The van der Waals surface area contributed by atoms with E-state index < -0.39 is 0 Å². The number of piperidine rings is 1. The van der Waals surface area contributed by atoms with Gasteiger partial charge in [0.15, 0.2) is 0 Å². The Hall–Kier alpha value is -3.00. The first-order valence-corrected chi connectivity index (χ1v) is 12.7. The van der Waals surface area contributed by atoms with Crippen LogP contribution in [0.3, 0.4) is 0 Å². The number of aromatic nitrogens is 2. The zero-order valence-corrected chi connectivity index (χ0v) is 20.7. The molecule has 1 N–H and O–H groups in total. The molecule has 1 aromatic heterocycles. The van der Waals surface area contributed by atoms with E-state index in [-0.39, 0.29) is 29.4 Å². The van der Waals surface area contributed by atoms with Crippen LogP contribution in [-0.4, -0.2) is 82.6 Å². The molecule has 0 bridgehead atoms. The molecule has 2 aromatic rings. The third-order valence-corrected chi connectivity index (χ3v) is 8.02. The lowest BCUT2D eigenvalue weighted by Crippen LogP contribution is -2.50. The van der Waals surface area contributed by atoms with Crippen molar-refractivity contribution >= 4 is 17.8 Å². The van der Waals surface area contributed by atoms with E-state index in [2.05, 4.69) is 19.8 Å². The molecule has 2 amide bonds.